The highest BCUT2D eigenvalue weighted by molar-refractivity contribution is 6.30. The molecule has 0 saturated heterocycles. The van der Waals surface area contributed by atoms with E-state index in [1.165, 1.54) is 5.01 Å². The van der Waals surface area contributed by atoms with Gasteiger partial charge in [-0.1, -0.05) is 29.8 Å². The molecular formula is C21H20ClN3O2. The van der Waals surface area contributed by atoms with Gasteiger partial charge in [0.1, 0.15) is 0 Å². The Hall–Kier alpha value is -2.92. The van der Waals surface area contributed by atoms with Crippen LogP contribution in [-0.2, 0) is 0 Å². The quantitative estimate of drug-likeness (QED) is 0.666. The van der Waals surface area contributed by atoms with Gasteiger partial charge in [-0.25, -0.2) is 5.01 Å². The fourth-order valence-electron chi connectivity index (χ4n) is 2.69. The summed E-state index contributed by atoms with van der Waals surface area (Å²) in [6.45, 7) is 5.56. The summed E-state index contributed by atoms with van der Waals surface area (Å²) in [5.41, 5.74) is 3.53. The molecule has 0 fully saturated rings. The molecule has 1 heterocycles. The third-order valence-electron chi connectivity index (χ3n) is 4.06. The number of nitrogens with one attached hydrogen (secondary N) is 1. The van der Waals surface area contributed by atoms with Crippen molar-refractivity contribution in [3.05, 3.63) is 76.9 Å². The van der Waals surface area contributed by atoms with E-state index in [-0.39, 0.29) is 11.8 Å². The highest BCUT2D eigenvalue weighted by atomic mass is 35.5. The van der Waals surface area contributed by atoms with Gasteiger partial charge in [0.2, 0.25) is 0 Å². The second-order valence-corrected chi connectivity index (χ2v) is 7.58. The van der Waals surface area contributed by atoms with Crippen LogP contribution in [0.15, 0.2) is 60.8 Å². The third-order valence-corrected chi connectivity index (χ3v) is 4.31. The summed E-state index contributed by atoms with van der Waals surface area (Å²) < 4.78 is 0. The molecular weight excluding hydrogens is 362 g/mol. The Morgan fingerprint density at radius 2 is 1.67 bits per heavy atom. The lowest BCUT2D eigenvalue weighted by atomic mass is 10.0. The Balaban J connectivity index is 1.96. The fraction of sp³-hybridized carbons (Fsp3) is 0.190. The van der Waals surface area contributed by atoms with E-state index < -0.39 is 5.54 Å². The zero-order chi connectivity index (χ0) is 19.6. The molecule has 2 aromatic carbocycles. The molecule has 0 spiro atoms. The lowest BCUT2D eigenvalue weighted by molar-refractivity contribution is 0.0360. The minimum atomic E-state index is -0.643. The number of nitrogens with zero attached hydrogens (tertiary/aromatic N) is 2. The van der Waals surface area contributed by atoms with Gasteiger partial charge in [0, 0.05) is 22.2 Å². The predicted molar refractivity (Wildman–Crippen MR) is 107 cm³/mol. The van der Waals surface area contributed by atoms with Gasteiger partial charge in [0.25, 0.3) is 11.8 Å². The standard InChI is InChI=1S/C21H20ClN3O2/c1-21(2,3)25(24-19(26)15-9-11-16(22)12-10-15)20(27)17-8-4-6-14-7-5-13-23-18(14)17/h4-13H,1-3H3,(H,24,26). The Kier molecular flexibility index (Phi) is 5.15. The number of hydrogen-bond acceptors (Lipinski definition) is 3. The van der Waals surface area contributed by atoms with Crippen LogP contribution in [0.1, 0.15) is 41.5 Å². The number of hydrazine groups is 1. The third kappa shape index (κ3) is 4.09. The van der Waals surface area contributed by atoms with Crippen LogP contribution in [0.3, 0.4) is 0 Å². The van der Waals surface area contributed by atoms with E-state index in [0.717, 1.165) is 5.39 Å². The smallest absolute Gasteiger partial charge is 0.267 e. The number of carbonyl (C=O) groups is 2. The summed E-state index contributed by atoms with van der Waals surface area (Å²) in [4.78, 5) is 30.3. The Bertz CT molecular complexity index is 989. The van der Waals surface area contributed by atoms with E-state index in [1.54, 1.807) is 42.6 Å². The zero-order valence-electron chi connectivity index (χ0n) is 15.4. The summed E-state index contributed by atoms with van der Waals surface area (Å²) in [7, 11) is 0. The molecule has 6 heteroatoms. The lowest BCUT2D eigenvalue weighted by Gasteiger charge is -2.35. The number of rotatable bonds is 2. The average Bonchev–Trinajstić information content (AvgIpc) is 2.64. The van der Waals surface area contributed by atoms with Gasteiger partial charge < -0.3 is 0 Å². The minimum absolute atomic E-state index is 0.325. The van der Waals surface area contributed by atoms with Crippen LogP contribution in [0, 0.1) is 0 Å². The van der Waals surface area contributed by atoms with E-state index >= 15 is 0 Å². The first kappa shape index (κ1) is 18.9. The van der Waals surface area contributed by atoms with Crippen LogP contribution in [0.2, 0.25) is 5.02 Å². The molecule has 0 unspecified atom stereocenters. The SMILES string of the molecule is CC(C)(C)N(NC(=O)c1ccc(Cl)cc1)C(=O)c1cccc2cccnc12. The second kappa shape index (κ2) is 7.37. The van der Waals surface area contributed by atoms with Crippen LogP contribution in [0.5, 0.6) is 0 Å². The molecule has 2 amide bonds. The number of para-hydroxylation sites is 1. The van der Waals surface area contributed by atoms with Crippen molar-refractivity contribution in [2.75, 3.05) is 0 Å². The van der Waals surface area contributed by atoms with Gasteiger partial charge in [-0.3, -0.25) is 20.0 Å². The molecule has 0 aliphatic rings. The monoisotopic (exact) mass is 381 g/mol. The topological polar surface area (TPSA) is 62.3 Å². The number of carbonyl (C=O) groups excluding carboxylic acids is 2. The summed E-state index contributed by atoms with van der Waals surface area (Å²) in [6.07, 6.45) is 1.65. The van der Waals surface area contributed by atoms with Crippen LogP contribution in [0.4, 0.5) is 0 Å². The van der Waals surface area contributed by atoms with Crippen LogP contribution >= 0.6 is 11.6 Å². The Morgan fingerprint density at radius 3 is 2.33 bits per heavy atom. The highest BCUT2D eigenvalue weighted by Gasteiger charge is 2.30. The predicted octanol–water partition coefficient (Wildman–Crippen LogP) is 4.47. The van der Waals surface area contributed by atoms with E-state index in [4.69, 9.17) is 11.6 Å². The molecule has 5 nitrogen and oxygen atoms in total. The largest absolute Gasteiger partial charge is 0.274 e. The van der Waals surface area contributed by atoms with Crippen molar-refractivity contribution in [1.82, 2.24) is 15.4 Å². The van der Waals surface area contributed by atoms with Crippen molar-refractivity contribution in [3.63, 3.8) is 0 Å². The molecule has 0 atom stereocenters. The Labute approximate surface area is 162 Å². The maximum absolute atomic E-state index is 13.3. The Morgan fingerprint density at radius 1 is 1.00 bits per heavy atom. The van der Waals surface area contributed by atoms with Crippen molar-refractivity contribution in [2.24, 2.45) is 0 Å². The molecule has 0 aliphatic carbocycles. The maximum Gasteiger partial charge on any atom is 0.274 e. The molecule has 0 bridgehead atoms. The first-order valence-corrected chi connectivity index (χ1v) is 8.90. The highest BCUT2D eigenvalue weighted by Crippen LogP contribution is 2.21. The molecule has 3 rings (SSSR count). The molecule has 1 aromatic heterocycles. The number of halogens is 1. The summed E-state index contributed by atoms with van der Waals surface area (Å²) >= 11 is 5.88. The van der Waals surface area contributed by atoms with Crippen LogP contribution < -0.4 is 5.43 Å². The van der Waals surface area contributed by atoms with Gasteiger partial charge in [0.15, 0.2) is 0 Å². The first-order valence-electron chi connectivity index (χ1n) is 8.52. The number of fused-ring (bicyclic) bond motifs is 1. The van der Waals surface area contributed by atoms with E-state index in [2.05, 4.69) is 10.4 Å². The van der Waals surface area contributed by atoms with Gasteiger partial charge >= 0.3 is 0 Å². The van der Waals surface area contributed by atoms with Crippen molar-refractivity contribution in [2.45, 2.75) is 26.3 Å². The maximum atomic E-state index is 13.3. The van der Waals surface area contributed by atoms with E-state index in [1.807, 2.05) is 39.0 Å². The van der Waals surface area contributed by atoms with Crippen molar-refractivity contribution in [3.8, 4) is 0 Å². The molecule has 138 valence electrons. The number of hydrogen-bond donors (Lipinski definition) is 1. The number of pyridine rings is 1. The average molecular weight is 382 g/mol. The van der Waals surface area contributed by atoms with Crippen molar-refractivity contribution >= 4 is 34.3 Å². The number of benzene rings is 2. The molecule has 0 aliphatic heterocycles. The van der Waals surface area contributed by atoms with Crippen LogP contribution in [0.25, 0.3) is 10.9 Å². The van der Waals surface area contributed by atoms with Crippen LogP contribution in [-0.4, -0.2) is 27.3 Å². The normalized spacial score (nSPS) is 11.3. The van der Waals surface area contributed by atoms with Crippen molar-refractivity contribution in [1.29, 1.82) is 0 Å². The van der Waals surface area contributed by atoms with Gasteiger partial charge in [0.05, 0.1) is 16.6 Å². The first-order chi connectivity index (χ1) is 12.8. The summed E-state index contributed by atoms with van der Waals surface area (Å²) in [5, 5.41) is 2.74. The number of amides is 2. The van der Waals surface area contributed by atoms with Gasteiger partial charge in [-0.2, -0.15) is 0 Å². The molecule has 27 heavy (non-hydrogen) atoms. The second-order valence-electron chi connectivity index (χ2n) is 7.14. The van der Waals surface area contributed by atoms with E-state index in [0.29, 0.717) is 21.7 Å². The van der Waals surface area contributed by atoms with Crippen molar-refractivity contribution < 1.29 is 9.59 Å². The molecule has 3 aromatic rings. The number of aromatic nitrogens is 1. The van der Waals surface area contributed by atoms with Gasteiger partial charge in [-0.05, 0) is 57.2 Å². The summed E-state index contributed by atoms with van der Waals surface area (Å²) in [6, 6.07) is 15.6. The van der Waals surface area contributed by atoms with E-state index in [9.17, 15) is 9.59 Å². The summed E-state index contributed by atoms with van der Waals surface area (Å²) in [5.74, 6) is -0.711. The molecule has 0 radical (unpaired) electrons. The zero-order valence-corrected chi connectivity index (χ0v) is 16.1. The minimum Gasteiger partial charge on any atom is -0.267 e. The van der Waals surface area contributed by atoms with Gasteiger partial charge in [-0.15, -0.1) is 0 Å². The molecule has 0 saturated carbocycles. The molecule has 1 N–H and O–H groups in total. The fourth-order valence-corrected chi connectivity index (χ4v) is 2.81. The lowest BCUT2D eigenvalue weighted by Crippen LogP contribution is -2.55.